The summed E-state index contributed by atoms with van der Waals surface area (Å²) >= 11 is 1.66. The predicted molar refractivity (Wildman–Crippen MR) is 119 cm³/mol. The van der Waals surface area contributed by atoms with Crippen LogP contribution in [0.3, 0.4) is 0 Å². The van der Waals surface area contributed by atoms with Crippen LogP contribution < -0.4 is 10.6 Å². The van der Waals surface area contributed by atoms with Crippen molar-refractivity contribution in [2.45, 2.75) is 6.54 Å². The Morgan fingerprint density at radius 1 is 1.15 bits per heavy atom. The number of benzene rings is 1. The third kappa shape index (κ3) is 4.78. The lowest BCUT2D eigenvalue weighted by Gasteiger charge is -2.35. The summed E-state index contributed by atoms with van der Waals surface area (Å²) in [5.74, 6) is 1.84. The molecule has 2 N–H and O–H groups in total. The van der Waals surface area contributed by atoms with Crippen molar-refractivity contribution in [3.63, 3.8) is 0 Å². The second-order valence-corrected chi connectivity index (χ2v) is 6.82. The highest BCUT2D eigenvalue weighted by molar-refractivity contribution is 14.0. The van der Waals surface area contributed by atoms with E-state index in [9.17, 15) is 0 Å². The minimum absolute atomic E-state index is 0. The van der Waals surface area contributed by atoms with Gasteiger partial charge in [-0.1, -0.05) is 30.3 Å². The van der Waals surface area contributed by atoms with Crippen LogP contribution in [0.1, 0.15) is 5.89 Å². The van der Waals surface area contributed by atoms with Crippen molar-refractivity contribution in [3.8, 4) is 11.3 Å². The molecule has 27 heavy (non-hydrogen) atoms. The molecule has 1 aliphatic heterocycles. The molecule has 0 aliphatic carbocycles. The Morgan fingerprint density at radius 3 is 2.63 bits per heavy atom. The first-order chi connectivity index (χ1) is 12.8. The zero-order valence-electron chi connectivity index (χ0n) is 14.7. The van der Waals surface area contributed by atoms with Gasteiger partial charge in [0.15, 0.2) is 16.9 Å². The first kappa shape index (κ1) is 19.6. The van der Waals surface area contributed by atoms with Crippen LogP contribution >= 0.6 is 35.3 Å². The average molecular weight is 496 g/mol. The Hall–Kier alpha value is -2.14. The molecule has 1 aromatic carbocycles. The van der Waals surface area contributed by atoms with Gasteiger partial charge in [-0.25, -0.2) is 15.0 Å². The van der Waals surface area contributed by atoms with Gasteiger partial charge in [0, 0.05) is 43.3 Å². The molecule has 0 saturated carbocycles. The molecule has 1 aliphatic rings. The average Bonchev–Trinajstić information content (AvgIpc) is 3.39. The largest absolute Gasteiger partial charge is 0.439 e. The van der Waals surface area contributed by atoms with Gasteiger partial charge < -0.3 is 20.0 Å². The summed E-state index contributed by atoms with van der Waals surface area (Å²) in [5.41, 5.74) is 7.15. The Kier molecular flexibility index (Phi) is 6.67. The molecule has 1 saturated heterocycles. The number of guanidine groups is 1. The van der Waals surface area contributed by atoms with Crippen molar-refractivity contribution < 1.29 is 4.42 Å². The van der Waals surface area contributed by atoms with Gasteiger partial charge >= 0.3 is 0 Å². The molecule has 0 atom stereocenters. The topological polar surface area (TPSA) is 83.8 Å². The van der Waals surface area contributed by atoms with Crippen LogP contribution in [0.2, 0.25) is 0 Å². The maximum atomic E-state index is 6.15. The van der Waals surface area contributed by atoms with Crippen molar-refractivity contribution in [2.75, 3.05) is 31.1 Å². The summed E-state index contributed by atoms with van der Waals surface area (Å²) in [6.45, 7) is 3.78. The zero-order valence-corrected chi connectivity index (χ0v) is 17.8. The van der Waals surface area contributed by atoms with Crippen molar-refractivity contribution >= 4 is 46.4 Å². The lowest BCUT2D eigenvalue weighted by Crippen LogP contribution is -2.51. The summed E-state index contributed by atoms with van der Waals surface area (Å²) in [6.07, 6.45) is 3.56. The normalized spacial score (nSPS) is 14.9. The Bertz CT molecular complexity index is 859. The molecular weight excluding hydrogens is 475 g/mol. The number of halogens is 1. The number of rotatable bonds is 4. The molecule has 0 radical (unpaired) electrons. The van der Waals surface area contributed by atoms with E-state index in [0.717, 1.165) is 42.6 Å². The van der Waals surface area contributed by atoms with Gasteiger partial charge in [-0.05, 0) is 0 Å². The molecule has 3 heterocycles. The molecule has 7 nitrogen and oxygen atoms in total. The number of aliphatic imine (C=N–C) groups is 1. The molecule has 2 aromatic heterocycles. The van der Waals surface area contributed by atoms with Gasteiger partial charge in [0.1, 0.15) is 6.54 Å². The van der Waals surface area contributed by atoms with Crippen molar-refractivity contribution in [1.82, 2.24) is 14.9 Å². The molecule has 0 bridgehead atoms. The summed E-state index contributed by atoms with van der Waals surface area (Å²) < 4.78 is 5.77. The Labute approximate surface area is 179 Å². The van der Waals surface area contributed by atoms with E-state index in [1.54, 1.807) is 17.5 Å². The van der Waals surface area contributed by atoms with Crippen LogP contribution in [0.15, 0.2) is 57.5 Å². The molecule has 4 rings (SSSR count). The summed E-state index contributed by atoms with van der Waals surface area (Å²) in [5, 5.41) is 3.06. The molecule has 142 valence electrons. The van der Waals surface area contributed by atoms with Crippen LogP contribution in [-0.4, -0.2) is 47.0 Å². The minimum Gasteiger partial charge on any atom is -0.439 e. The molecule has 0 spiro atoms. The van der Waals surface area contributed by atoms with Crippen LogP contribution in [-0.2, 0) is 6.54 Å². The first-order valence-corrected chi connectivity index (χ1v) is 9.37. The van der Waals surface area contributed by atoms with Crippen molar-refractivity contribution in [3.05, 3.63) is 54.0 Å². The maximum Gasteiger partial charge on any atom is 0.216 e. The number of piperazine rings is 1. The molecule has 3 aromatic rings. The van der Waals surface area contributed by atoms with Gasteiger partial charge in [0.05, 0.1) is 6.20 Å². The number of nitrogens with two attached hydrogens (primary N) is 1. The summed E-state index contributed by atoms with van der Waals surface area (Å²) in [4.78, 5) is 17.5. The fourth-order valence-corrected chi connectivity index (χ4v) is 3.56. The number of hydrogen-bond donors (Lipinski definition) is 1. The number of hydrogen-bond acceptors (Lipinski definition) is 6. The zero-order chi connectivity index (χ0) is 17.8. The van der Waals surface area contributed by atoms with Crippen LogP contribution in [0.5, 0.6) is 0 Å². The fraction of sp³-hybridized carbons (Fsp3) is 0.278. The third-order valence-electron chi connectivity index (χ3n) is 4.28. The predicted octanol–water partition coefficient (Wildman–Crippen LogP) is 3.05. The minimum atomic E-state index is 0. The smallest absolute Gasteiger partial charge is 0.216 e. The van der Waals surface area contributed by atoms with E-state index in [0.29, 0.717) is 18.4 Å². The quantitative estimate of drug-likeness (QED) is 0.340. The van der Waals surface area contributed by atoms with Gasteiger partial charge in [-0.2, -0.15) is 0 Å². The van der Waals surface area contributed by atoms with Crippen molar-refractivity contribution in [1.29, 1.82) is 0 Å². The van der Waals surface area contributed by atoms with E-state index in [4.69, 9.17) is 10.2 Å². The van der Waals surface area contributed by atoms with E-state index < -0.39 is 0 Å². The number of anilines is 1. The van der Waals surface area contributed by atoms with Crippen LogP contribution in [0.4, 0.5) is 5.13 Å². The van der Waals surface area contributed by atoms with Gasteiger partial charge in [-0.15, -0.1) is 35.3 Å². The van der Waals surface area contributed by atoms with Crippen LogP contribution in [0.25, 0.3) is 11.3 Å². The van der Waals surface area contributed by atoms with E-state index in [-0.39, 0.29) is 24.0 Å². The number of nitrogens with zero attached hydrogens (tertiary/aromatic N) is 5. The fourth-order valence-electron chi connectivity index (χ4n) is 2.87. The third-order valence-corrected chi connectivity index (χ3v) is 5.11. The van der Waals surface area contributed by atoms with E-state index >= 15 is 0 Å². The van der Waals surface area contributed by atoms with E-state index in [1.807, 2.05) is 41.9 Å². The first-order valence-electron chi connectivity index (χ1n) is 8.49. The monoisotopic (exact) mass is 496 g/mol. The lowest BCUT2D eigenvalue weighted by atomic mass is 10.2. The highest BCUT2D eigenvalue weighted by Crippen LogP contribution is 2.20. The molecule has 0 amide bonds. The van der Waals surface area contributed by atoms with Crippen molar-refractivity contribution in [2.24, 2.45) is 10.7 Å². The second kappa shape index (κ2) is 9.18. The van der Waals surface area contributed by atoms with Gasteiger partial charge in [0.2, 0.25) is 5.89 Å². The SMILES string of the molecule is I.NC(=NCc1ncc(-c2ccccc2)o1)N1CCN(c2nccs2)CC1. The Morgan fingerprint density at radius 2 is 1.93 bits per heavy atom. The van der Waals surface area contributed by atoms with Gasteiger partial charge in [-0.3, -0.25) is 0 Å². The highest BCUT2D eigenvalue weighted by atomic mass is 127. The molecule has 1 fully saturated rings. The summed E-state index contributed by atoms with van der Waals surface area (Å²) in [7, 11) is 0. The van der Waals surface area contributed by atoms with E-state index in [2.05, 4.69) is 24.8 Å². The number of oxazole rings is 1. The lowest BCUT2D eigenvalue weighted by molar-refractivity contribution is 0.379. The molecular formula is C18H21IN6OS. The second-order valence-electron chi connectivity index (χ2n) is 5.95. The van der Waals surface area contributed by atoms with Gasteiger partial charge in [0.25, 0.3) is 0 Å². The van der Waals surface area contributed by atoms with E-state index in [1.165, 1.54) is 0 Å². The standard InChI is InChI=1S/C18H20N6OS.HI/c19-17(23-7-9-24(10-8-23)18-20-6-11-26-18)22-13-16-21-12-15(25-16)14-4-2-1-3-5-14;/h1-6,11-12H,7-10,13H2,(H2,19,22);1H. The summed E-state index contributed by atoms with van der Waals surface area (Å²) in [6, 6.07) is 9.89. The Balaban J connectivity index is 0.00000210. The molecule has 0 unspecified atom stereocenters. The molecule has 9 heteroatoms. The number of thiazole rings is 1. The maximum absolute atomic E-state index is 6.15. The number of aromatic nitrogens is 2. The van der Waals surface area contributed by atoms with Crippen LogP contribution in [0, 0.1) is 0 Å². The highest BCUT2D eigenvalue weighted by Gasteiger charge is 2.19.